The van der Waals surface area contributed by atoms with Crippen LogP contribution in [0.2, 0.25) is 0 Å². The van der Waals surface area contributed by atoms with Crippen molar-refractivity contribution in [3.63, 3.8) is 0 Å². The van der Waals surface area contributed by atoms with Crippen molar-refractivity contribution in [3.05, 3.63) is 41.7 Å². The van der Waals surface area contributed by atoms with Crippen LogP contribution in [0.3, 0.4) is 0 Å². The number of hydrogen-bond acceptors (Lipinski definition) is 6. The van der Waals surface area contributed by atoms with Gasteiger partial charge in [0.2, 0.25) is 5.91 Å². The van der Waals surface area contributed by atoms with E-state index in [1.807, 2.05) is 40.6 Å². The molecule has 1 aliphatic heterocycles. The Kier molecular flexibility index (Phi) is 5.95. The number of likely N-dealkylation sites (tertiary alicyclic amines) is 1. The number of carbonyl (C=O) groups is 1. The zero-order chi connectivity index (χ0) is 18.5. The van der Waals surface area contributed by atoms with Crippen LogP contribution in [0.15, 0.2) is 24.5 Å². The van der Waals surface area contributed by atoms with E-state index in [9.17, 15) is 9.90 Å². The summed E-state index contributed by atoms with van der Waals surface area (Å²) in [5, 5.41) is 17.5. The number of carbonyl (C=O) groups excluding carboxylic acids is 1. The van der Waals surface area contributed by atoms with Gasteiger partial charge in [-0.25, -0.2) is 0 Å². The fourth-order valence-corrected chi connectivity index (χ4v) is 3.47. The zero-order valence-corrected chi connectivity index (χ0v) is 15.4. The lowest BCUT2D eigenvalue weighted by atomic mass is 9.97. The first-order valence-corrected chi connectivity index (χ1v) is 8.92. The first-order valence-electron chi connectivity index (χ1n) is 8.92. The molecule has 0 bridgehead atoms. The van der Waals surface area contributed by atoms with Crippen LogP contribution in [0.25, 0.3) is 0 Å². The second-order valence-corrected chi connectivity index (χ2v) is 6.90. The van der Waals surface area contributed by atoms with Gasteiger partial charge in [-0.05, 0) is 37.6 Å². The third kappa shape index (κ3) is 4.25. The van der Waals surface area contributed by atoms with Crippen LogP contribution in [0.1, 0.15) is 36.0 Å². The zero-order valence-electron chi connectivity index (χ0n) is 15.4. The van der Waals surface area contributed by atoms with Crippen LogP contribution in [0.4, 0.5) is 0 Å². The molecule has 1 fully saturated rings. The van der Waals surface area contributed by atoms with E-state index < -0.39 is 0 Å². The molecule has 140 valence electrons. The van der Waals surface area contributed by atoms with Gasteiger partial charge in [0.05, 0.1) is 6.54 Å². The van der Waals surface area contributed by atoms with E-state index in [1.54, 1.807) is 12.4 Å². The summed E-state index contributed by atoms with van der Waals surface area (Å²) < 4.78 is 1.84. The number of amides is 1. The summed E-state index contributed by atoms with van der Waals surface area (Å²) in [5.74, 6) is 1.70. The summed E-state index contributed by atoms with van der Waals surface area (Å²) in [5.41, 5.74) is 1.14. The van der Waals surface area contributed by atoms with Crippen molar-refractivity contribution >= 4 is 5.91 Å². The van der Waals surface area contributed by atoms with Crippen molar-refractivity contribution in [2.24, 2.45) is 7.05 Å². The van der Waals surface area contributed by atoms with Crippen molar-refractivity contribution in [2.45, 2.75) is 31.9 Å². The van der Waals surface area contributed by atoms with Gasteiger partial charge < -0.3 is 14.6 Å². The fraction of sp³-hybridized carbons (Fsp3) is 0.556. The van der Waals surface area contributed by atoms with E-state index >= 15 is 0 Å². The largest absolute Gasteiger partial charge is 0.388 e. The fourth-order valence-electron chi connectivity index (χ4n) is 3.47. The Hall–Kier alpha value is -2.32. The van der Waals surface area contributed by atoms with Crippen molar-refractivity contribution in [1.29, 1.82) is 0 Å². The highest BCUT2D eigenvalue weighted by molar-refractivity contribution is 5.78. The molecule has 0 aromatic carbocycles. The van der Waals surface area contributed by atoms with Gasteiger partial charge in [0, 0.05) is 45.0 Å². The second-order valence-electron chi connectivity index (χ2n) is 6.90. The summed E-state index contributed by atoms with van der Waals surface area (Å²) in [4.78, 5) is 20.7. The molecule has 0 aliphatic carbocycles. The maximum Gasteiger partial charge on any atom is 0.236 e. The number of hydrogen-bond donors (Lipinski definition) is 1. The van der Waals surface area contributed by atoms with Crippen LogP contribution in [0.5, 0.6) is 0 Å². The Morgan fingerprint density at radius 2 is 2.12 bits per heavy atom. The van der Waals surface area contributed by atoms with Gasteiger partial charge in [-0.15, -0.1) is 10.2 Å². The average Bonchev–Trinajstić information content (AvgIpc) is 3.03. The van der Waals surface area contributed by atoms with E-state index in [4.69, 9.17) is 0 Å². The summed E-state index contributed by atoms with van der Waals surface area (Å²) in [6.45, 7) is 2.41. The summed E-state index contributed by atoms with van der Waals surface area (Å²) in [7, 11) is 3.82. The van der Waals surface area contributed by atoms with Crippen LogP contribution < -0.4 is 0 Å². The van der Waals surface area contributed by atoms with Gasteiger partial charge in [-0.3, -0.25) is 14.7 Å². The number of nitrogens with zero attached hydrogens (tertiary/aromatic N) is 6. The van der Waals surface area contributed by atoms with E-state index in [0.717, 1.165) is 30.8 Å². The Labute approximate surface area is 153 Å². The minimum absolute atomic E-state index is 0.126. The van der Waals surface area contributed by atoms with E-state index in [-0.39, 0.29) is 18.4 Å². The Bertz CT molecular complexity index is 733. The molecule has 1 atom stereocenters. The molecule has 2 aromatic rings. The standard InChI is InChI=1S/C18H26N6O2/c1-22(10-14-5-7-19-8-6-14)12-17(26)24-9-3-4-15(11-24)18-21-20-16(13-25)23(18)2/h5-8,15,25H,3-4,9-13H2,1-2H3/t15-/m1/s1. The van der Waals surface area contributed by atoms with Gasteiger partial charge in [-0.2, -0.15) is 0 Å². The molecular formula is C18H26N6O2. The number of rotatable bonds is 6. The number of aromatic nitrogens is 4. The SMILES string of the molecule is CN(CC(=O)N1CCC[C@@H](c2nnc(CO)n2C)C1)Cc1ccncc1. The average molecular weight is 358 g/mol. The molecule has 3 heterocycles. The molecule has 8 nitrogen and oxygen atoms in total. The lowest BCUT2D eigenvalue weighted by Crippen LogP contribution is -2.44. The third-order valence-electron chi connectivity index (χ3n) is 4.89. The van der Waals surface area contributed by atoms with Crippen molar-refractivity contribution in [3.8, 4) is 0 Å². The van der Waals surface area contributed by atoms with E-state index in [2.05, 4.69) is 15.2 Å². The highest BCUT2D eigenvalue weighted by atomic mass is 16.3. The van der Waals surface area contributed by atoms with Crippen LogP contribution in [-0.4, -0.2) is 67.2 Å². The minimum atomic E-state index is -0.126. The summed E-state index contributed by atoms with van der Waals surface area (Å²) >= 11 is 0. The predicted molar refractivity (Wildman–Crippen MR) is 96.1 cm³/mol. The molecule has 1 aliphatic rings. The monoisotopic (exact) mass is 358 g/mol. The summed E-state index contributed by atoms with van der Waals surface area (Å²) in [6, 6.07) is 3.93. The highest BCUT2D eigenvalue weighted by Gasteiger charge is 2.28. The Balaban J connectivity index is 1.58. The number of piperidine rings is 1. The minimum Gasteiger partial charge on any atom is -0.388 e. The molecule has 0 saturated carbocycles. The van der Waals surface area contributed by atoms with Gasteiger partial charge in [-0.1, -0.05) is 0 Å². The maximum atomic E-state index is 12.7. The molecule has 1 N–H and O–H groups in total. The molecule has 8 heteroatoms. The molecule has 26 heavy (non-hydrogen) atoms. The topological polar surface area (TPSA) is 87.4 Å². The molecule has 0 spiro atoms. The van der Waals surface area contributed by atoms with Crippen LogP contribution in [-0.2, 0) is 25.0 Å². The maximum absolute atomic E-state index is 12.7. The molecule has 1 amide bonds. The molecule has 3 rings (SSSR count). The van der Waals surface area contributed by atoms with Gasteiger partial charge in [0.25, 0.3) is 0 Å². The molecular weight excluding hydrogens is 332 g/mol. The quantitative estimate of drug-likeness (QED) is 0.811. The van der Waals surface area contributed by atoms with Crippen molar-refractivity contribution < 1.29 is 9.90 Å². The second kappa shape index (κ2) is 8.37. The number of likely N-dealkylation sites (N-methyl/N-ethyl adjacent to an activating group) is 1. The van der Waals surface area contributed by atoms with Crippen molar-refractivity contribution in [2.75, 3.05) is 26.7 Å². The number of aliphatic hydroxyl groups is 1. The number of pyridine rings is 1. The first-order chi connectivity index (χ1) is 12.6. The summed E-state index contributed by atoms with van der Waals surface area (Å²) in [6.07, 6.45) is 5.46. The van der Waals surface area contributed by atoms with Gasteiger partial charge >= 0.3 is 0 Å². The predicted octanol–water partition coefficient (Wildman–Crippen LogP) is 0.540. The smallest absolute Gasteiger partial charge is 0.236 e. The Morgan fingerprint density at radius 3 is 2.81 bits per heavy atom. The van der Waals surface area contributed by atoms with Crippen LogP contribution >= 0.6 is 0 Å². The lowest BCUT2D eigenvalue weighted by molar-refractivity contribution is -0.133. The number of aliphatic hydroxyl groups excluding tert-OH is 1. The van der Waals surface area contributed by atoms with E-state index in [0.29, 0.717) is 25.5 Å². The molecule has 0 unspecified atom stereocenters. The van der Waals surface area contributed by atoms with Crippen LogP contribution in [0, 0.1) is 0 Å². The lowest BCUT2D eigenvalue weighted by Gasteiger charge is -2.33. The molecule has 2 aromatic heterocycles. The molecule has 0 radical (unpaired) electrons. The Morgan fingerprint density at radius 1 is 1.35 bits per heavy atom. The third-order valence-corrected chi connectivity index (χ3v) is 4.89. The van der Waals surface area contributed by atoms with E-state index in [1.165, 1.54) is 0 Å². The first kappa shape index (κ1) is 18.5. The van der Waals surface area contributed by atoms with Gasteiger partial charge in [0.15, 0.2) is 5.82 Å². The van der Waals surface area contributed by atoms with Gasteiger partial charge in [0.1, 0.15) is 12.4 Å². The van der Waals surface area contributed by atoms with Crippen molar-refractivity contribution in [1.82, 2.24) is 29.5 Å². The normalized spacial score (nSPS) is 17.7. The molecule has 1 saturated heterocycles. The highest BCUT2D eigenvalue weighted by Crippen LogP contribution is 2.26.